The molecule has 0 saturated carbocycles. The number of rotatable bonds is 2. The zero-order valence-electron chi connectivity index (χ0n) is 7.60. The lowest BCUT2D eigenvalue weighted by atomic mass is 10.5. The van der Waals surface area contributed by atoms with Crippen LogP contribution < -0.4 is 5.48 Å². The number of hydrogen-bond acceptors (Lipinski definition) is 3. The monoisotopic (exact) mass is 191 g/mol. The summed E-state index contributed by atoms with van der Waals surface area (Å²) in [5.41, 5.74) is 3.27. The van der Waals surface area contributed by atoms with E-state index in [9.17, 15) is 4.79 Å². The first-order valence-corrected chi connectivity index (χ1v) is 4.08. The zero-order valence-corrected chi connectivity index (χ0v) is 7.60. The van der Waals surface area contributed by atoms with Gasteiger partial charge in [0, 0.05) is 12.4 Å². The first-order valence-electron chi connectivity index (χ1n) is 4.08. The van der Waals surface area contributed by atoms with Crippen molar-refractivity contribution in [1.82, 2.24) is 14.9 Å². The van der Waals surface area contributed by atoms with Crippen LogP contribution in [0.1, 0.15) is 10.5 Å². The van der Waals surface area contributed by atoms with Gasteiger partial charge in [0.1, 0.15) is 11.3 Å². The van der Waals surface area contributed by atoms with Crippen LogP contribution in [0.25, 0.3) is 5.65 Å². The molecule has 0 saturated heterocycles. The third-order valence-electron chi connectivity index (χ3n) is 1.79. The summed E-state index contributed by atoms with van der Waals surface area (Å²) in [5.74, 6) is -0.351. The number of aromatic nitrogens is 2. The van der Waals surface area contributed by atoms with Crippen molar-refractivity contribution in [2.45, 2.75) is 0 Å². The van der Waals surface area contributed by atoms with Crippen LogP contribution in [-0.2, 0) is 4.84 Å². The van der Waals surface area contributed by atoms with Gasteiger partial charge in [-0.1, -0.05) is 6.07 Å². The van der Waals surface area contributed by atoms with E-state index < -0.39 is 0 Å². The highest BCUT2D eigenvalue weighted by molar-refractivity contribution is 5.92. The quantitative estimate of drug-likeness (QED) is 0.708. The first-order chi connectivity index (χ1) is 6.81. The second kappa shape index (κ2) is 3.47. The molecule has 0 radical (unpaired) electrons. The Balaban J connectivity index is 2.40. The summed E-state index contributed by atoms with van der Waals surface area (Å²) in [5, 5.41) is 0. The third-order valence-corrected chi connectivity index (χ3v) is 1.79. The van der Waals surface area contributed by atoms with Crippen molar-refractivity contribution in [1.29, 1.82) is 0 Å². The molecule has 2 aromatic rings. The molecule has 0 spiro atoms. The summed E-state index contributed by atoms with van der Waals surface area (Å²) < 4.78 is 1.77. The van der Waals surface area contributed by atoms with Crippen LogP contribution in [0, 0.1) is 0 Å². The average molecular weight is 191 g/mol. The maximum absolute atomic E-state index is 11.3. The Bertz CT molecular complexity index is 431. The van der Waals surface area contributed by atoms with Gasteiger partial charge in [0.2, 0.25) is 0 Å². The number of fused-ring (bicyclic) bond motifs is 1. The molecule has 0 unspecified atom stereocenters. The fourth-order valence-electron chi connectivity index (χ4n) is 1.19. The van der Waals surface area contributed by atoms with E-state index in [1.165, 1.54) is 7.11 Å². The predicted molar refractivity (Wildman–Crippen MR) is 49.7 cm³/mol. The molecule has 2 rings (SSSR count). The molecule has 0 aromatic carbocycles. The van der Waals surface area contributed by atoms with E-state index in [-0.39, 0.29) is 5.91 Å². The van der Waals surface area contributed by atoms with Gasteiger partial charge in [-0.25, -0.2) is 10.5 Å². The van der Waals surface area contributed by atoms with Gasteiger partial charge >= 0.3 is 0 Å². The number of amides is 1. The highest BCUT2D eigenvalue weighted by atomic mass is 16.6. The van der Waals surface area contributed by atoms with Gasteiger partial charge in [0.25, 0.3) is 5.91 Å². The number of hydroxylamine groups is 1. The lowest BCUT2D eigenvalue weighted by Crippen LogP contribution is -2.21. The van der Waals surface area contributed by atoms with Crippen LogP contribution in [-0.4, -0.2) is 22.4 Å². The second-order valence-electron chi connectivity index (χ2n) is 2.73. The van der Waals surface area contributed by atoms with Crippen LogP contribution in [0.15, 0.2) is 30.6 Å². The van der Waals surface area contributed by atoms with Crippen molar-refractivity contribution >= 4 is 11.6 Å². The molecule has 0 aliphatic rings. The van der Waals surface area contributed by atoms with Crippen LogP contribution in [0.2, 0.25) is 0 Å². The van der Waals surface area contributed by atoms with E-state index in [4.69, 9.17) is 0 Å². The second-order valence-corrected chi connectivity index (χ2v) is 2.73. The molecule has 2 aromatic heterocycles. The highest BCUT2D eigenvalue weighted by Gasteiger charge is 2.08. The lowest BCUT2D eigenvalue weighted by Gasteiger charge is -1.95. The fourth-order valence-corrected chi connectivity index (χ4v) is 1.19. The van der Waals surface area contributed by atoms with Crippen molar-refractivity contribution in [2.75, 3.05) is 7.11 Å². The third kappa shape index (κ3) is 1.45. The van der Waals surface area contributed by atoms with Crippen molar-refractivity contribution in [3.05, 3.63) is 36.3 Å². The number of imidazole rings is 1. The number of carbonyl (C=O) groups excluding carboxylic acids is 1. The molecule has 0 aliphatic carbocycles. The molecular formula is C9H9N3O2. The largest absolute Gasteiger partial charge is 0.306 e. The van der Waals surface area contributed by atoms with Crippen LogP contribution >= 0.6 is 0 Å². The Kier molecular flexibility index (Phi) is 2.16. The Labute approximate surface area is 80.3 Å². The Morgan fingerprint density at radius 2 is 2.43 bits per heavy atom. The Hall–Kier alpha value is -1.88. The summed E-state index contributed by atoms with van der Waals surface area (Å²) in [6.45, 7) is 0. The molecule has 0 fully saturated rings. The predicted octanol–water partition coefficient (Wildman–Crippen LogP) is 0.625. The van der Waals surface area contributed by atoms with E-state index in [0.29, 0.717) is 5.69 Å². The summed E-state index contributed by atoms with van der Waals surface area (Å²) >= 11 is 0. The minimum Gasteiger partial charge on any atom is -0.306 e. The topological polar surface area (TPSA) is 55.6 Å². The number of carbonyl (C=O) groups is 1. The van der Waals surface area contributed by atoms with Gasteiger partial charge in [-0.3, -0.25) is 9.63 Å². The van der Waals surface area contributed by atoms with Crippen LogP contribution in [0.4, 0.5) is 0 Å². The van der Waals surface area contributed by atoms with Crippen LogP contribution in [0.5, 0.6) is 0 Å². The van der Waals surface area contributed by atoms with Gasteiger partial charge < -0.3 is 4.40 Å². The van der Waals surface area contributed by atoms with E-state index >= 15 is 0 Å². The van der Waals surface area contributed by atoms with Crippen molar-refractivity contribution in [2.24, 2.45) is 0 Å². The van der Waals surface area contributed by atoms with Crippen molar-refractivity contribution in [3.63, 3.8) is 0 Å². The number of hydrogen-bond donors (Lipinski definition) is 1. The maximum Gasteiger partial charge on any atom is 0.295 e. The number of nitrogens with zero attached hydrogens (tertiary/aromatic N) is 2. The summed E-state index contributed by atoms with van der Waals surface area (Å²) in [6.07, 6.45) is 3.47. The van der Waals surface area contributed by atoms with Crippen molar-refractivity contribution < 1.29 is 9.63 Å². The lowest BCUT2D eigenvalue weighted by molar-refractivity contribution is 0.0533. The zero-order chi connectivity index (χ0) is 9.97. The Morgan fingerprint density at radius 3 is 3.14 bits per heavy atom. The smallest absolute Gasteiger partial charge is 0.295 e. The average Bonchev–Trinajstić information content (AvgIpc) is 2.61. The Morgan fingerprint density at radius 1 is 1.57 bits per heavy atom. The molecule has 1 N–H and O–H groups in total. The molecule has 0 aliphatic heterocycles. The van der Waals surface area contributed by atoms with Gasteiger partial charge in [-0.05, 0) is 12.1 Å². The number of nitrogens with one attached hydrogen (secondary N) is 1. The van der Waals surface area contributed by atoms with E-state index in [1.807, 2.05) is 24.4 Å². The minimum atomic E-state index is -0.351. The maximum atomic E-state index is 11.3. The molecule has 1 amide bonds. The van der Waals surface area contributed by atoms with Gasteiger partial charge in [0.15, 0.2) is 0 Å². The van der Waals surface area contributed by atoms with Gasteiger partial charge in [-0.15, -0.1) is 0 Å². The summed E-state index contributed by atoms with van der Waals surface area (Å²) in [7, 11) is 1.38. The van der Waals surface area contributed by atoms with E-state index in [0.717, 1.165) is 5.65 Å². The standard InChI is InChI=1S/C9H9N3O2/c1-14-11-9(13)7-6-12-5-3-2-4-8(12)10-7/h2-6H,1H3,(H,11,13). The summed E-state index contributed by atoms with van der Waals surface area (Å²) in [6, 6.07) is 5.55. The molecule has 5 nitrogen and oxygen atoms in total. The normalized spacial score (nSPS) is 10.4. The van der Waals surface area contributed by atoms with E-state index in [2.05, 4.69) is 15.3 Å². The number of pyridine rings is 1. The van der Waals surface area contributed by atoms with Gasteiger partial charge in [0.05, 0.1) is 7.11 Å². The SMILES string of the molecule is CONC(=O)c1cn2ccccc2n1. The first kappa shape index (κ1) is 8.71. The van der Waals surface area contributed by atoms with Gasteiger partial charge in [-0.2, -0.15) is 0 Å². The minimum absolute atomic E-state index is 0.332. The molecule has 0 atom stereocenters. The van der Waals surface area contributed by atoms with Crippen molar-refractivity contribution in [3.8, 4) is 0 Å². The molecular weight excluding hydrogens is 182 g/mol. The highest BCUT2D eigenvalue weighted by Crippen LogP contribution is 2.03. The fraction of sp³-hybridized carbons (Fsp3) is 0.111. The van der Waals surface area contributed by atoms with Crippen LogP contribution in [0.3, 0.4) is 0 Å². The molecule has 0 bridgehead atoms. The summed E-state index contributed by atoms with van der Waals surface area (Å²) in [4.78, 5) is 19.9. The molecule has 2 heterocycles. The molecule has 5 heteroatoms. The molecule has 14 heavy (non-hydrogen) atoms. The molecule has 72 valence electrons. The van der Waals surface area contributed by atoms with E-state index in [1.54, 1.807) is 10.6 Å².